The van der Waals surface area contributed by atoms with Crippen molar-refractivity contribution in [3.8, 4) is 11.5 Å². The van der Waals surface area contributed by atoms with E-state index in [0.29, 0.717) is 11.5 Å². The molecule has 1 heterocycles. The zero-order valence-corrected chi connectivity index (χ0v) is 14.1. The summed E-state index contributed by atoms with van der Waals surface area (Å²) in [5.74, 6) is 1.45. The molecule has 1 amide bonds. The Morgan fingerprint density at radius 3 is 2.58 bits per heavy atom. The number of hydrogen-bond donors (Lipinski definition) is 1. The molecule has 0 bridgehead atoms. The van der Waals surface area contributed by atoms with E-state index in [9.17, 15) is 9.90 Å². The zero-order valence-electron chi connectivity index (χ0n) is 14.1. The van der Waals surface area contributed by atoms with E-state index >= 15 is 0 Å². The van der Waals surface area contributed by atoms with E-state index < -0.39 is 0 Å². The van der Waals surface area contributed by atoms with Gasteiger partial charge in [-0.2, -0.15) is 0 Å². The molecular weight excluding hydrogens is 302 g/mol. The van der Waals surface area contributed by atoms with E-state index in [2.05, 4.69) is 19.1 Å². The van der Waals surface area contributed by atoms with Crippen molar-refractivity contribution >= 4 is 5.91 Å². The normalized spacial score (nSPS) is 20.2. The number of aromatic hydroxyl groups is 1. The molecule has 4 nitrogen and oxygen atoms in total. The van der Waals surface area contributed by atoms with E-state index in [1.807, 2.05) is 23.1 Å². The van der Waals surface area contributed by atoms with Crippen LogP contribution in [-0.4, -0.2) is 35.6 Å². The molecule has 1 aliphatic heterocycles. The van der Waals surface area contributed by atoms with E-state index in [0.717, 1.165) is 18.7 Å². The van der Waals surface area contributed by atoms with Crippen LogP contribution in [0.5, 0.6) is 11.5 Å². The monoisotopic (exact) mass is 325 g/mol. The third-order valence-corrected chi connectivity index (χ3v) is 4.82. The number of para-hydroxylation sites is 1. The molecule has 2 atom stereocenters. The number of methoxy groups -OCH3 is 1. The Labute approximate surface area is 142 Å². The molecule has 1 N–H and O–H groups in total. The molecule has 0 aromatic heterocycles. The second-order valence-corrected chi connectivity index (χ2v) is 6.41. The first-order valence-corrected chi connectivity index (χ1v) is 8.28. The predicted octanol–water partition coefficient (Wildman–Crippen LogP) is 3.35. The molecule has 1 fully saturated rings. The van der Waals surface area contributed by atoms with Gasteiger partial charge in [0.1, 0.15) is 11.5 Å². The molecule has 1 aliphatic rings. The van der Waals surface area contributed by atoms with Crippen LogP contribution >= 0.6 is 0 Å². The Morgan fingerprint density at radius 2 is 1.92 bits per heavy atom. The zero-order chi connectivity index (χ0) is 17.1. The summed E-state index contributed by atoms with van der Waals surface area (Å²) < 4.78 is 5.20. The minimum Gasteiger partial charge on any atom is -0.508 e. The van der Waals surface area contributed by atoms with Crippen LogP contribution in [0.15, 0.2) is 48.5 Å². The first kappa shape index (κ1) is 16.4. The fourth-order valence-electron chi connectivity index (χ4n) is 3.42. The number of phenolic OH excluding ortho intramolecular Hbond substituents is 1. The van der Waals surface area contributed by atoms with Crippen LogP contribution in [0.1, 0.15) is 30.4 Å². The van der Waals surface area contributed by atoms with Gasteiger partial charge in [-0.3, -0.25) is 4.79 Å². The van der Waals surface area contributed by atoms with Crippen molar-refractivity contribution in [3.63, 3.8) is 0 Å². The number of carbonyl (C=O) groups is 1. The largest absolute Gasteiger partial charge is 0.508 e. The predicted molar refractivity (Wildman–Crippen MR) is 93.3 cm³/mol. The van der Waals surface area contributed by atoms with Gasteiger partial charge in [0.2, 0.25) is 5.91 Å². The fraction of sp³-hybridized carbons (Fsp3) is 0.350. The number of likely N-dealkylation sites (tertiary alicyclic amines) is 1. The van der Waals surface area contributed by atoms with Crippen molar-refractivity contribution in [1.82, 2.24) is 4.90 Å². The van der Waals surface area contributed by atoms with Gasteiger partial charge in [0, 0.05) is 24.1 Å². The topological polar surface area (TPSA) is 49.8 Å². The molecule has 0 spiro atoms. The molecule has 24 heavy (non-hydrogen) atoms. The van der Waals surface area contributed by atoms with Gasteiger partial charge >= 0.3 is 0 Å². The first-order chi connectivity index (χ1) is 11.6. The third kappa shape index (κ3) is 3.37. The second-order valence-electron chi connectivity index (χ2n) is 6.41. The highest BCUT2D eigenvalue weighted by molar-refractivity contribution is 5.80. The molecule has 0 radical (unpaired) electrons. The summed E-state index contributed by atoms with van der Waals surface area (Å²) >= 11 is 0. The number of hydrogen-bond acceptors (Lipinski definition) is 3. The van der Waals surface area contributed by atoms with Gasteiger partial charge in [-0.1, -0.05) is 30.3 Å². The molecule has 4 heteroatoms. The maximum absolute atomic E-state index is 12.6. The maximum Gasteiger partial charge on any atom is 0.227 e. The number of nitrogens with zero attached hydrogens (tertiary/aromatic N) is 1. The quantitative estimate of drug-likeness (QED) is 0.938. The summed E-state index contributed by atoms with van der Waals surface area (Å²) in [6.45, 7) is 2.81. The number of carbonyl (C=O) groups excluding carboxylic acids is 1. The minimum absolute atomic E-state index is 0.0695. The highest BCUT2D eigenvalue weighted by atomic mass is 16.5. The molecular formula is C20H23NO3. The highest BCUT2D eigenvalue weighted by Gasteiger charge is 2.33. The summed E-state index contributed by atoms with van der Waals surface area (Å²) in [6.07, 6.45) is 1.20. The Kier molecular flexibility index (Phi) is 4.74. The van der Waals surface area contributed by atoms with Crippen LogP contribution in [0, 0.1) is 0 Å². The number of ether oxygens (including phenoxy) is 1. The smallest absolute Gasteiger partial charge is 0.227 e. The second kappa shape index (κ2) is 6.95. The van der Waals surface area contributed by atoms with Gasteiger partial charge in [0.15, 0.2) is 0 Å². The van der Waals surface area contributed by atoms with Crippen molar-refractivity contribution < 1.29 is 14.6 Å². The lowest BCUT2D eigenvalue weighted by Crippen LogP contribution is -2.35. The number of rotatable bonds is 4. The number of amides is 1. The van der Waals surface area contributed by atoms with E-state index in [4.69, 9.17) is 4.74 Å². The molecule has 126 valence electrons. The standard InChI is InChI=1S/C20H23NO3/c1-14-11-17(15-7-9-18(24-2)10-8-15)13-21(14)20(23)12-16-5-3-4-6-19(16)22/h3-10,14,17,22H,11-13H2,1-2H3/t14-,17-/m0/s1. The van der Waals surface area contributed by atoms with Crippen molar-refractivity contribution in [2.45, 2.75) is 31.7 Å². The Hall–Kier alpha value is -2.49. The molecule has 2 aromatic rings. The lowest BCUT2D eigenvalue weighted by atomic mass is 9.97. The van der Waals surface area contributed by atoms with Crippen molar-refractivity contribution in [1.29, 1.82) is 0 Å². The Morgan fingerprint density at radius 1 is 1.21 bits per heavy atom. The van der Waals surface area contributed by atoms with Gasteiger partial charge in [-0.05, 0) is 37.1 Å². The van der Waals surface area contributed by atoms with Crippen LogP contribution in [0.2, 0.25) is 0 Å². The van der Waals surface area contributed by atoms with Crippen molar-refractivity contribution in [2.24, 2.45) is 0 Å². The third-order valence-electron chi connectivity index (χ3n) is 4.82. The lowest BCUT2D eigenvalue weighted by Gasteiger charge is -2.21. The SMILES string of the molecule is COc1ccc([C@H]2C[C@H](C)N(C(=O)Cc3ccccc3O)C2)cc1. The summed E-state index contributed by atoms with van der Waals surface area (Å²) in [4.78, 5) is 14.6. The lowest BCUT2D eigenvalue weighted by molar-refractivity contribution is -0.131. The van der Waals surface area contributed by atoms with Crippen molar-refractivity contribution in [2.75, 3.05) is 13.7 Å². The van der Waals surface area contributed by atoms with Gasteiger partial charge in [0.05, 0.1) is 13.5 Å². The highest BCUT2D eigenvalue weighted by Crippen LogP contribution is 2.33. The molecule has 0 unspecified atom stereocenters. The van der Waals surface area contributed by atoms with Crippen LogP contribution in [-0.2, 0) is 11.2 Å². The van der Waals surface area contributed by atoms with Gasteiger partial charge in [-0.25, -0.2) is 0 Å². The fourth-order valence-corrected chi connectivity index (χ4v) is 3.42. The van der Waals surface area contributed by atoms with Gasteiger partial charge in [-0.15, -0.1) is 0 Å². The maximum atomic E-state index is 12.6. The van der Waals surface area contributed by atoms with E-state index in [-0.39, 0.29) is 24.1 Å². The molecule has 0 aliphatic carbocycles. The molecule has 3 rings (SSSR count). The number of benzene rings is 2. The van der Waals surface area contributed by atoms with Crippen molar-refractivity contribution in [3.05, 3.63) is 59.7 Å². The summed E-state index contributed by atoms with van der Waals surface area (Å²) in [5.41, 5.74) is 1.92. The Balaban J connectivity index is 1.68. The van der Waals surface area contributed by atoms with Crippen LogP contribution in [0.3, 0.4) is 0 Å². The van der Waals surface area contributed by atoms with Crippen LogP contribution in [0.25, 0.3) is 0 Å². The Bertz CT molecular complexity index is 711. The van der Waals surface area contributed by atoms with Crippen LogP contribution < -0.4 is 4.74 Å². The average molecular weight is 325 g/mol. The van der Waals surface area contributed by atoms with E-state index in [1.54, 1.807) is 25.3 Å². The average Bonchev–Trinajstić information content (AvgIpc) is 2.99. The van der Waals surface area contributed by atoms with Gasteiger partial charge in [0.25, 0.3) is 0 Å². The van der Waals surface area contributed by atoms with E-state index in [1.165, 1.54) is 5.56 Å². The molecule has 1 saturated heterocycles. The summed E-state index contributed by atoms with van der Waals surface area (Å²) in [7, 11) is 1.66. The molecule has 0 saturated carbocycles. The number of phenols is 1. The first-order valence-electron chi connectivity index (χ1n) is 8.28. The van der Waals surface area contributed by atoms with Crippen LogP contribution in [0.4, 0.5) is 0 Å². The molecule has 2 aromatic carbocycles. The minimum atomic E-state index is 0.0695. The summed E-state index contributed by atoms with van der Waals surface area (Å²) in [6, 6.07) is 15.3. The van der Waals surface area contributed by atoms with Gasteiger partial charge < -0.3 is 14.7 Å². The summed E-state index contributed by atoms with van der Waals surface area (Å²) in [5, 5.41) is 9.86.